The van der Waals surface area contributed by atoms with E-state index in [1.807, 2.05) is 43.3 Å². The standard InChI is InChI=1S/C24H30N4O5/c1-17-6-11-21(32-17)20(28-12-14-31-15-13-28)16-25-22(29)4-3-5-23-26-24(27-33-23)18-7-9-19(30-2)10-8-18/h6-11,20H,3-5,12-16H2,1-2H3,(H,25,29). The van der Waals surface area contributed by atoms with Crippen LogP contribution in [0.3, 0.4) is 0 Å². The second-order valence-electron chi connectivity index (χ2n) is 8.01. The summed E-state index contributed by atoms with van der Waals surface area (Å²) in [4.78, 5) is 19.2. The highest BCUT2D eigenvalue weighted by molar-refractivity contribution is 5.75. The first-order valence-corrected chi connectivity index (χ1v) is 11.2. The number of carbonyl (C=O) groups is 1. The van der Waals surface area contributed by atoms with Gasteiger partial charge in [-0.15, -0.1) is 0 Å². The van der Waals surface area contributed by atoms with Crippen molar-refractivity contribution in [3.8, 4) is 17.1 Å². The molecule has 4 rings (SSSR count). The molecule has 3 heterocycles. The number of nitrogens with zero attached hydrogens (tertiary/aromatic N) is 3. The van der Waals surface area contributed by atoms with Crippen LogP contribution >= 0.6 is 0 Å². The number of morpholine rings is 1. The number of amides is 1. The SMILES string of the molecule is COc1ccc(-c2noc(CCCC(=O)NCC(c3ccc(C)o3)N3CCOCC3)n2)cc1. The summed E-state index contributed by atoms with van der Waals surface area (Å²) in [6.07, 6.45) is 1.55. The zero-order valence-electron chi connectivity index (χ0n) is 19.1. The molecule has 176 valence electrons. The lowest BCUT2D eigenvalue weighted by Gasteiger charge is -2.33. The fourth-order valence-electron chi connectivity index (χ4n) is 3.84. The van der Waals surface area contributed by atoms with Gasteiger partial charge in [0.15, 0.2) is 0 Å². The number of furan rings is 1. The van der Waals surface area contributed by atoms with E-state index in [0.29, 0.717) is 50.7 Å². The molecule has 1 aliphatic rings. The number of aromatic nitrogens is 2. The fourth-order valence-corrected chi connectivity index (χ4v) is 3.84. The second-order valence-corrected chi connectivity index (χ2v) is 8.01. The fraction of sp³-hybridized carbons (Fsp3) is 0.458. The van der Waals surface area contributed by atoms with Gasteiger partial charge in [0.2, 0.25) is 17.6 Å². The molecule has 33 heavy (non-hydrogen) atoms. The molecular weight excluding hydrogens is 424 g/mol. The van der Waals surface area contributed by atoms with E-state index >= 15 is 0 Å². The summed E-state index contributed by atoms with van der Waals surface area (Å²) in [6.45, 7) is 5.42. The lowest BCUT2D eigenvalue weighted by Crippen LogP contribution is -2.43. The third kappa shape index (κ3) is 6.21. The third-order valence-corrected chi connectivity index (χ3v) is 5.68. The molecule has 0 radical (unpaired) electrons. The van der Waals surface area contributed by atoms with Gasteiger partial charge in [-0.3, -0.25) is 9.69 Å². The molecule has 1 amide bonds. The predicted octanol–water partition coefficient (Wildman–Crippen LogP) is 3.16. The van der Waals surface area contributed by atoms with Crippen molar-refractivity contribution in [3.63, 3.8) is 0 Å². The van der Waals surface area contributed by atoms with Crippen molar-refractivity contribution in [2.75, 3.05) is 40.0 Å². The summed E-state index contributed by atoms with van der Waals surface area (Å²) in [7, 11) is 1.62. The Morgan fingerprint density at radius 2 is 1.97 bits per heavy atom. The Hall–Kier alpha value is -3.17. The highest BCUT2D eigenvalue weighted by atomic mass is 16.5. The van der Waals surface area contributed by atoms with E-state index in [4.69, 9.17) is 18.4 Å². The summed E-state index contributed by atoms with van der Waals surface area (Å²) in [5, 5.41) is 7.09. The number of methoxy groups -OCH3 is 1. The highest BCUT2D eigenvalue weighted by Gasteiger charge is 2.25. The van der Waals surface area contributed by atoms with Crippen LogP contribution in [0, 0.1) is 6.92 Å². The van der Waals surface area contributed by atoms with Crippen molar-refractivity contribution in [2.45, 2.75) is 32.2 Å². The Kier molecular flexibility index (Phi) is 7.74. The highest BCUT2D eigenvalue weighted by Crippen LogP contribution is 2.24. The largest absolute Gasteiger partial charge is 0.497 e. The number of ether oxygens (including phenoxy) is 2. The number of benzene rings is 1. The van der Waals surface area contributed by atoms with Crippen LogP contribution in [-0.2, 0) is 16.0 Å². The smallest absolute Gasteiger partial charge is 0.226 e. The summed E-state index contributed by atoms with van der Waals surface area (Å²) >= 11 is 0. The summed E-state index contributed by atoms with van der Waals surface area (Å²) < 4.78 is 21.8. The van der Waals surface area contributed by atoms with E-state index in [1.165, 1.54) is 0 Å². The molecule has 0 bridgehead atoms. The van der Waals surface area contributed by atoms with E-state index < -0.39 is 0 Å². The molecule has 1 atom stereocenters. The first-order chi connectivity index (χ1) is 16.1. The number of hydrogen-bond donors (Lipinski definition) is 1. The van der Waals surface area contributed by atoms with Crippen molar-refractivity contribution in [1.29, 1.82) is 0 Å². The van der Waals surface area contributed by atoms with Crippen LogP contribution < -0.4 is 10.1 Å². The number of hydrogen-bond acceptors (Lipinski definition) is 8. The normalized spacial score (nSPS) is 15.3. The van der Waals surface area contributed by atoms with Crippen LogP contribution in [0.2, 0.25) is 0 Å². The summed E-state index contributed by atoms with van der Waals surface area (Å²) in [5.74, 6) is 3.54. The van der Waals surface area contributed by atoms with Crippen LogP contribution in [0.4, 0.5) is 0 Å². The zero-order chi connectivity index (χ0) is 23.0. The van der Waals surface area contributed by atoms with Gasteiger partial charge in [-0.2, -0.15) is 4.98 Å². The average Bonchev–Trinajstić information content (AvgIpc) is 3.49. The number of nitrogens with one attached hydrogen (secondary N) is 1. The topological polar surface area (TPSA) is 103 Å². The van der Waals surface area contributed by atoms with Gasteiger partial charge in [-0.1, -0.05) is 5.16 Å². The third-order valence-electron chi connectivity index (χ3n) is 5.68. The van der Waals surface area contributed by atoms with E-state index in [0.717, 1.165) is 35.9 Å². The van der Waals surface area contributed by atoms with E-state index in [1.54, 1.807) is 7.11 Å². The quantitative estimate of drug-likeness (QED) is 0.498. The summed E-state index contributed by atoms with van der Waals surface area (Å²) in [5.41, 5.74) is 0.853. The van der Waals surface area contributed by atoms with Crippen molar-refractivity contribution < 1.29 is 23.2 Å². The first kappa shape index (κ1) is 23.0. The van der Waals surface area contributed by atoms with E-state index in [-0.39, 0.29) is 11.9 Å². The molecule has 1 aromatic carbocycles. The van der Waals surface area contributed by atoms with Crippen LogP contribution in [0.15, 0.2) is 45.3 Å². The molecule has 0 saturated carbocycles. The Morgan fingerprint density at radius 1 is 1.18 bits per heavy atom. The van der Waals surface area contributed by atoms with Crippen LogP contribution in [0.25, 0.3) is 11.4 Å². The lowest BCUT2D eigenvalue weighted by molar-refractivity contribution is -0.121. The maximum Gasteiger partial charge on any atom is 0.226 e. The van der Waals surface area contributed by atoms with Crippen molar-refractivity contribution in [3.05, 3.63) is 53.8 Å². The molecule has 9 heteroatoms. The van der Waals surface area contributed by atoms with Crippen LogP contribution in [0.5, 0.6) is 5.75 Å². The van der Waals surface area contributed by atoms with Gasteiger partial charge in [0.25, 0.3) is 0 Å². The van der Waals surface area contributed by atoms with Gasteiger partial charge in [0, 0.05) is 38.0 Å². The maximum absolute atomic E-state index is 12.5. The minimum atomic E-state index is -0.00793. The molecule has 0 spiro atoms. The van der Waals surface area contributed by atoms with Crippen molar-refractivity contribution in [1.82, 2.24) is 20.4 Å². The van der Waals surface area contributed by atoms with Gasteiger partial charge in [-0.25, -0.2) is 0 Å². The Morgan fingerprint density at radius 3 is 2.67 bits per heavy atom. The number of carbonyl (C=O) groups excluding carboxylic acids is 1. The van der Waals surface area contributed by atoms with Gasteiger partial charge < -0.3 is 23.7 Å². The molecule has 2 aromatic heterocycles. The molecule has 1 N–H and O–H groups in total. The Balaban J connectivity index is 1.25. The Bertz CT molecular complexity index is 1020. The molecule has 1 fully saturated rings. The molecule has 1 aliphatic heterocycles. The van der Waals surface area contributed by atoms with Gasteiger partial charge >= 0.3 is 0 Å². The van der Waals surface area contributed by atoms with Crippen LogP contribution in [-0.4, -0.2) is 60.9 Å². The van der Waals surface area contributed by atoms with Crippen molar-refractivity contribution >= 4 is 5.91 Å². The molecule has 3 aromatic rings. The average molecular weight is 455 g/mol. The molecular formula is C24H30N4O5. The second kappa shape index (κ2) is 11.1. The summed E-state index contributed by atoms with van der Waals surface area (Å²) in [6, 6.07) is 11.4. The maximum atomic E-state index is 12.5. The molecule has 9 nitrogen and oxygen atoms in total. The minimum absolute atomic E-state index is 0.00505. The molecule has 1 saturated heterocycles. The lowest BCUT2D eigenvalue weighted by atomic mass is 10.1. The predicted molar refractivity (Wildman–Crippen MR) is 121 cm³/mol. The Labute approximate surface area is 193 Å². The molecule has 0 aliphatic carbocycles. The van der Waals surface area contributed by atoms with E-state index in [9.17, 15) is 4.79 Å². The minimum Gasteiger partial charge on any atom is -0.497 e. The molecule has 1 unspecified atom stereocenters. The van der Waals surface area contributed by atoms with Crippen molar-refractivity contribution in [2.24, 2.45) is 0 Å². The first-order valence-electron chi connectivity index (χ1n) is 11.2. The zero-order valence-corrected chi connectivity index (χ0v) is 19.1. The van der Waals surface area contributed by atoms with Gasteiger partial charge in [-0.05, 0) is 49.7 Å². The van der Waals surface area contributed by atoms with E-state index in [2.05, 4.69) is 20.4 Å². The number of rotatable bonds is 10. The van der Waals surface area contributed by atoms with Crippen LogP contribution in [0.1, 0.15) is 36.3 Å². The van der Waals surface area contributed by atoms with Gasteiger partial charge in [0.05, 0.1) is 26.4 Å². The number of aryl methyl sites for hydroxylation is 2. The van der Waals surface area contributed by atoms with Gasteiger partial charge in [0.1, 0.15) is 17.3 Å². The monoisotopic (exact) mass is 454 g/mol.